The Hall–Kier alpha value is -1.30. The maximum atomic E-state index is 4.00. The number of aromatic amines is 1. The fourth-order valence-electron chi connectivity index (χ4n) is 0.167. The molecule has 0 radical (unpaired) electrons. The van der Waals surface area contributed by atoms with E-state index in [0.29, 0.717) is 0 Å². The molecule has 0 amide bonds. The zero-order valence-corrected chi connectivity index (χ0v) is 3.70. The monoisotopic (exact) mass is 95.0 g/mol. The highest BCUT2D eigenvalue weighted by molar-refractivity contribution is 4.54. The second-order valence-electron chi connectivity index (χ2n) is 0.656. The molecule has 0 spiro atoms. The van der Waals surface area contributed by atoms with Gasteiger partial charge in [-0.05, 0) is 0 Å². The van der Waals surface area contributed by atoms with E-state index in [1.807, 2.05) is 0 Å². The minimum Gasteiger partial charge on any atom is -0.198 e. The standard InChI is InChI=1S/C2H3N3.C2H2/c1-2-4-5-3-1;1-2/h1-2H,(H,3,4,5);1-2H. The molecule has 1 heterocycles. The van der Waals surface area contributed by atoms with Crippen LogP contribution in [0.25, 0.3) is 0 Å². The van der Waals surface area contributed by atoms with E-state index in [0.717, 1.165) is 0 Å². The summed E-state index contributed by atoms with van der Waals surface area (Å²) in [6.07, 6.45) is 11.2. The lowest BCUT2D eigenvalue weighted by molar-refractivity contribution is 0.940. The van der Waals surface area contributed by atoms with Crippen molar-refractivity contribution < 1.29 is 0 Å². The van der Waals surface area contributed by atoms with Crippen LogP contribution in [0.4, 0.5) is 0 Å². The molecule has 0 atom stereocenters. The van der Waals surface area contributed by atoms with Crippen molar-refractivity contribution >= 4 is 0 Å². The number of H-pyrrole nitrogens is 1. The average Bonchev–Trinajstić information content (AvgIpc) is 2.23. The number of terminal acetylenes is 1. The van der Waals surface area contributed by atoms with Crippen LogP contribution < -0.4 is 0 Å². The Bertz CT molecular complexity index is 90.5. The van der Waals surface area contributed by atoms with Gasteiger partial charge in [-0.15, -0.1) is 12.8 Å². The van der Waals surface area contributed by atoms with Crippen LogP contribution in [0.15, 0.2) is 12.4 Å². The lowest BCUT2D eigenvalue weighted by atomic mass is 11.0. The summed E-state index contributed by atoms with van der Waals surface area (Å²) in [5, 5.41) is 9.33. The predicted molar refractivity (Wildman–Crippen MR) is 26.3 cm³/mol. The number of rotatable bonds is 0. The molecule has 1 aromatic rings. The maximum absolute atomic E-state index is 4.00. The molecule has 1 N–H and O–H groups in total. The summed E-state index contributed by atoms with van der Waals surface area (Å²) >= 11 is 0. The number of aromatic nitrogens is 3. The Labute approximate surface area is 41.8 Å². The van der Waals surface area contributed by atoms with Crippen LogP contribution >= 0.6 is 0 Å². The molecule has 0 saturated heterocycles. The van der Waals surface area contributed by atoms with Gasteiger partial charge in [0, 0.05) is 0 Å². The summed E-state index contributed by atoms with van der Waals surface area (Å²) in [4.78, 5) is 0. The maximum Gasteiger partial charge on any atom is 0.0690 e. The molecule has 1 rings (SSSR count). The van der Waals surface area contributed by atoms with Gasteiger partial charge in [0.15, 0.2) is 0 Å². The summed E-state index contributed by atoms with van der Waals surface area (Å²) in [5.74, 6) is 0. The minimum atomic E-state index is 1.58. The van der Waals surface area contributed by atoms with Gasteiger partial charge < -0.3 is 0 Å². The molecule has 0 fully saturated rings. The number of hydrogen-bond acceptors (Lipinski definition) is 2. The molecule has 0 bridgehead atoms. The van der Waals surface area contributed by atoms with Gasteiger partial charge in [-0.25, -0.2) is 0 Å². The van der Waals surface area contributed by atoms with Gasteiger partial charge in [0.05, 0.1) is 12.4 Å². The Morgan fingerprint density at radius 3 is 1.71 bits per heavy atom. The van der Waals surface area contributed by atoms with E-state index in [1.165, 1.54) is 0 Å². The van der Waals surface area contributed by atoms with Crippen LogP contribution in [0, 0.1) is 12.8 Å². The zero-order chi connectivity index (χ0) is 5.54. The zero-order valence-electron chi connectivity index (χ0n) is 3.70. The van der Waals surface area contributed by atoms with Crippen molar-refractivity contribution in [3.63, 3.8) is 0 Å². The Balaban J connectivity index is 0.000000162. The van der Waals surface area contributed by atoms with Crippen molar-refractivity contribution in [2.45, 2.75) is 0 Å². The summed E-state index contributed by atoms with van der Waals surface area (Å²) in [7, 11) is 0. The number of nitrogens with zero attached hydrogens (tertiary/aromatic N) is 2. The number of nitrogens with one attached hydrogen (secondary N) is 1. The van der Waals surface area contributed by atoms with Gasteiger partial charge >= 0.3 is 0 Å². The quantitative estimate of drug-likeness (QED) is 0.463. The van der Waals surface area contributed by atoms with E-state index in [4.69, 9.17) is 0 Å². The Morgan fingerprint density at radius 1 is 1.14 bits per heavy atom. The van der Waals surface area contributed by atoms with Gasteiger partial charge in [-0.3, -0.25) is 0 Å². The fraction of sp³-hybridized carbons (Fsp3) is 0. The fourth-order valence-corrected chi connectivity index (χ4v) is 0.167. The van der Waals surface area contributed by atoms with E-state index < -0.39 is 0 Å². The third-order valence-corrected chi connectivity index (χ3v) is 0.331. The topological polar surface area (TPSA) is 41.6 Å². The van der Waals surface area contributed by atoms with Gasteiger partial charge in [0.25, 0.3) is 0 Å². The first-order chi connectivity index (χ1) is 3.50. The second-order valence-corrected chi connectivity index (χ2v) is 0.656. The third kappa shape index (κ3) is 2.50. The summed E-state index contributed by atoms with van der Waals surface area (Å²) in [6.45, 7) is 0. The van der Waals surface area contributed by atoms with Crippen LogP contribution in [-0.4, -0.2) is 15.4 Å². The molecule has 0 unspecified atom stereocenters. The average molecular weight is 95.1 g/mol. The molecule has 7 heavy (non-hydrogen) atoms. The van der Waals surface area contributed by atoms with Crippen molar-refractivity contribution in [2.24, 2.45) is 0 Å². The summed E-state index contributed by atoms with van der Waals surface area (Å²) in [6, 6.07) is 0. The van der Waals surface area contributed by atoms with Gasteiger partial charge in [-0.2, -0.15) is 15.4 Å². The predicted octanol–water partition coefficient (Wildman–Crippen LogP) is 0.0541. The largest absolute Gasteiger partial charge is 0.198 e. The van der Waals surface area contributed by atoms with Crippen molar-refractivity contribution in [3.05, 3.63) is 12.4 Å². The highest BCUT2D eigenvalue weighted by Gasteiger charge is 1.57. The third-order valence-electron chi connectivity index (χ3n) is 0.331. The second kappa shape index (κ2) is 4.70. The highest BCUT2D eigenvalue weighted by atomic mass is 15.3. The molecule has 36 valence electrons. The van der Waals surface area contributed by atoms with E-state index in [2.05, 4.69) is 28.3 Å². The first-order valence-corrected chi connectivity index (χ1v) is 1.63. The lowest BCUT2D eigenvalue weighted by Crippen LogP contribution is -1.61. The Morgan fingerprint density at radius 2 is 1.57 bits per heavy atom. The van der Waals surface area contributed by atoms with Crippen LogP contribution in [0.5, 0.6) is 0 Å². The minimum absolute atomic E-state index is 1.58. The van der Waals surface area contributed by atoms with E-state index >= 15 is 0 Å². The molecule has 0 aliphatic carbocycles. The smallest absolute Gasteiger partial charge is 0.0690 e. The van der Waals surface area contributed by atoms with Crippen molar-refractivity contribution in [2.75, 3.05) is 0 Å². The molecular formula is C4H5N3. The summed E-state index contributed by atoms with van der Waals surface area (Å²) in [5.41, 5.74) is 0. The van der Waals surface area contributed by atoms with Crippen molar-refractivity contribution in [1.82, 2.24) is 15.4 Å². The van der Waals surface area contributed by atoms with Gasteiger partial charge in [0.1, 0.15) is 0 Å². The molecule has 0 aromatic carbocycles. The first-order valence-electron chi connectivity index (χ1n) is 1.63. The molecule has 0 aliphatic heterocycles. The van der Waals surface area contributed by atoms with Crippen LogP contribution in [0.1, 0.15) is 0 Å². The normalized spacial score (nSPS) is 6.00. The highest BCUT2D eigenvalue weighted by Crippen LogP contribution is 1.55. The van der Waals surface area contributed by atoms with Crippen LogP contribution in [0.3, 0.4) is 0 Å². The molecule has 0 aliphatic rings. The Kier molecular flexibility index (Phi) is 3.83. The molecule has 3 nitrogen and oxygen atoms in total. The van der Waals surface area contributed by atoms with Crippen molar-refractivity contribution in [1.29, 1.82) is 0 Å². The SMILES string of the molecule is C#C.c1cn[nH]n1. The van der Waals surface area contributed by atoms with Gasteiger partial charge in [0.2, 0.25) is 0 Å². The number of hydrogen-bond donors (Lipinski definition) is 1. The molecule has 1 aromatic heterocycles. The van der Waals surface area contributed by atoms with E-state index in [1.54, 1.807) is 12.4 Å². The molecular weight excluding hydrogens is 90.1 g/mol. The van der Waals surface area contributed by atoms with E-state index in [9.17, 15) is 0 Å². The summed E-state index contributed by atoms with van der Waals surface area (Å²) < 4.78 is 0. The first kappa shape index (κ1) is 5.70. The van der Waals surface area contributed by atoms with Crippen molar-refractivity contribution in [3.8, 4) is 12.8 Å². The lowest BCUT2D eigenvalue weighted by Gasteiger charge is -1.48. The van der Waals surface area contributed by atoms with Crippen LogP contribution in [-0.2, 0) is 0 Å². The van der Waals surface area contributed by atoms with Crippen LogP contribution in [0.2, 0.25) is 0 Å². The molecule has 0 saturated carbocycles. The van der Waals surface area contributed by atoms with Gasteiger partial charge in [-0.1, -0.05) is 0 Å². The van der Waals surface area contributed by atoms with E-state index in [-0.39, 0.29) is 0 Å². The molecule has 3 heteroatoms.